The largest absolute Gasteiger partial charge is 0.481 e. The van der Waals surface area contributed by atoms with Crippen LogP contribution in [0.4, 0.5) is 5.69 Å². The van der Waals surface area contributed by atoms with Crippen LogP contribution in [0.15, 0.2) is 68.0 Å². The summed E-state index contributed by atoms with van der Waals surface area (Å²) < 4.78 is 10.4. The monoisotopic (exact) mass is 325 g/mol. The van der Waals surface area contributed by atoms with E-state index in [0.29, 0.717) is 18.5 Å². The molecule has 0 spiro atoms. The highest BCUT2D eigenvalue weighted by atomic mass is 16.5. The van der Waals surface area contributed by atoms with E-state index in [-0.39, 0.29) is 16.6 Å². The molecule has 0 radical (unpaired) electrons. The number of hydrogen-bond donors (Lipinski definition) is 1. The summed E-state index contributed by atoms with van der Waals surface area (Å²) in [5, 5.41) is 9.72. The van der Waals surface area contributed by atoms with E-state index in [1.54, 1.807) is 30.4 Å². The Morgan fingerprint density at radius 3 is 2.46 bits per heavy atom. The van der Waals surface area contributed by atoms with Crippen LogP contribution >= 0.6 is 0 Å². The predicted octanol–water partition coefficient (Wildman–Crippen LogP) is 2.78. The Hall–Kier alpha value is -3.28. The number of nitrogens with zero attached hydrogens (tertiary/aromatic N) is 1. The molecule has 0 aliphatic heterocycles. The standard InChI is InChI=1S/C18H15NO5/c1-3-7-19(8-4-2)11-5-6-12-14(9-11)23-18(22)16-13(20)10-15(21)24-17(12)16/h3-6,9-10,21H,1-2,7-8H2. The van der Waals surface area contributed by atoms with E-state index in [4.69, 9.17) is 8.83 Å². The van der Waals surface area contributed by atoms with Gasteiger partial charge in [-0.05, 0) is 12.1 Å². The van der Waals surface area contributed by atoms with Gasteiger partial charge in [0.2, 0.25) is 5.43 Å². The number of aromatic hydroxyl groups is 1. The van der Waals surface area contributed by atoms with Crippen molar-refractivity contribution in [1.29, 1.82) is 0 Å². The van der Waals surface area contributed by atoms with Gasteiger partial charge in [0.05, 0.1) is 11.5 Å². The predicted molar refractivity (Wildman–Crippen MR) is 92.8 cm³/mol. The molecule has 3 aromatic rings. The molecule has 2 aromatic heterocycles. The van der Waals surface area contributed by atoms with Gasteiger partial charge >= 0.3 is 5.63 Å². The van der Waals surface area contributed by atoms with E-state index in [0.717, 1.165) is 11.8 Å². The van der Waals surface area contributed by atoms with Crippen molar-refractivity contribution < 1.29 is 13.9 Å². The third-order valence-electron chi connectivity index (χ3n) is 3.62. The van der Waals surface area contributed by atoms with Gasteiger partial charge in [0, 0.05) is 24.8 Å². The smallest absolute Gasteiger partial charge is 0.351 e. The van der Waals surface area contributed by atoms with Gasteiger partial charge in [-0.15, -0.1) is 13.2 Å². The zero-order valence-corrected chi connectivity index (χ0v) is 12.8. The quantitative estimate of drug-likeness (QED) is 0.441. The highest BCUT2D eigenvalue weighted by Crippen LogP contribution is 2.27. The average Bonchev–Trinajstić information content (AvgIpc) is 2.53. The van der Waals surface area contributed by atoms with Crippen molar-refractivity contribution in [3.05, 3.63) is 70.2 Å². The summed E-state index contributed by atoms with van der Waals surface area (Å²) in [5.74, 6) is -0.552. The van der Waals surface area contributed by atoms with Crippen molar-refractivity contribution in [2.75, 3.05) is 18.0 Å². The fraction of sp³-hybridized carbons (Fsp3) is 0.111. The van der Waals surface area contributed by atoms with Crippen molar-refractivity contribution in [2.45, 2.75) is 0 Å². The number of rotatable bonds is 5. The maximum atomic E-state index is 12.1. The zero-order valence-electron chi connectivity index (χ0n) is 12.8. The summed E-state index contributed by atoms with van der Waals surface area (Å²) in [6, 6.07) is 6.00. The Bertz CT molecular complexity index is 1050. The minimum Gasteiger partial charge on any atom is -0.481 e. The van der Waals surface area contributed by atoms with Crippen LogP contribution in [0.3, 0.4) is 0 Å². The van der Waals surface area contributed by atoms with Crippen molar-refractivity contribution in [2.24, 2.45) is 0 Å². The summed E-state index contributed by atoms with van der Waals surface area (Å²) in [4.78, 5) is 26.0. The lowest BCUT2D eigenvalue weighted by molar-refractivity contribution is 0.339. The zero-order chi connectivity index (χ0) is 17.3. The summed E-state index contributed by atoms with van der Waals surface area (Å²) in [6.45, 7) is 8.61. The molecule has 0 saturated carbocycles. The normalized spacial score (nSPS) is 10.8. The minimum atomic E-state index is -0.803. The average molecular weight is 325 g/mol. The van der Waals surface area contributed by atoms with Crippen LogP contribution in [0.2, 0.25) is 0 Å². The molecule has 0 fully saturated rings. The molecule has 6 heteroatoms. The molecule has 0 amide bonds. The van der Waals surface area contributed by atoms with Gasteiger partial charge in [-0.25, -0.2) is 4.79 Å². The van der Waals surface area contributed by atoms with Gasteiger partial charge < -0.3 is 18.8 Å². The first-order valence-corrected chi connectivity index (χ1v) is 7.25. The van der Waals surface area contributed by atoms with Crippen LogP contribution in [0.5, 0.6) is 5.95 Å². The molecule has 0 unspecified atom stereocenters. The molecule has 0 atom stereocenters. The SMILES string of the molecule is C=CCN(CC=C)c1ccc2c(c1)oc(=O)c1c(=O)cc(O)oc12. The van der Waals surface area contributed by atoms with E-state index < -0.39 is 17.0 Å². The first kappa shape index (κ1) is 15.6. The van der Waals surface area contributed by atoms with E-state index >= 15 is 0 Å². The lowest BCUT2D eigenvalue weighted by Gasteiger charge is -2.21. The second-order valence-electron chi connectivity index (χ2n) is 5.21. The van der Waals surface area contributed by atoms with Gasteiger partial charge in [0.1, 0.15) is 5.58 Å². The number of hydrogen-bond acceptors (Lipinski definition) is 6. The molecule has 2 heterocycles. The first-order valence-electron chi connectivity index (χ1n) is 7.25. The number of anilines is 1. The number of fused-ring (bicyclic) bond motifs is 3. The van der Waals surface area contributed by atoms with Gasteiger partial charge in [0.25, 0.3) is 5.95 Å². The van der Waals surface area contributed by atoms with Crippen molar-refractivity contribution in [1.82, 2.24) is 0 Å². The third kappa shape index (κ3) is 2.58. The first-order chi connectivity index (χ1) is 11.5. The molecule has 0 bridgehead atoms. The Morgan fingerprint density at radius 2 is 1.79 bits per heavy atom. The topological polar surface area (TPSA) is 83.9 Å². The molecular formula is C18H15NO5. The van der Waals surface area contributed by atoms with Crippen molar-refractivity contribution >= 4 is 27.6 Å². The Balaban J connectivity index is 2.30. The summed E-state index contributed by atoms with van der Waals surface area (Å²) in [6.07, 6.45) is 3.50. The highest BCUT2D eigenvalue weighted by molar-refractivity contribution is 6.01. The molecule has 24 heavy (non-hydrogen) atoms. The fourth-order valence-corrected chi connectivity index (χ4v) is 2.59. The third-order valence-corrected chi connectivity index (χ3v) is 3.62. The van der Waals surface area contributed by atoms with Crippen LogP contribution in [0.25, 0.3) is 21.9 Å². The molecule has 0 aliphatic carbocycles. The lowest BCUT2D eigenvalue weighted by atomic mass is 10.1. The van der Waals surface area contributed by atoms with Crippen LogP contribution in [-0.2, 0) is 0 Å². The second kappa shape index (κ2) is 6.08. The maximum absolute atomic E-state index is 12.1. The molecule has 0 saturated heterocycles. The van der Waals surface area contributed by atoms with E-state index in [1.165, 1.54) is 0 Å². The van der Waals surface area contributed by atoms with Gasteiger partial charge in [0.15, 0.2) is 11.0 Å². The van der Waals surface area contributed by atoms with Crippen LogP contribution in [-0.4, -0.2) is 18.2 Å². The van der Waals surface area contributed by atoms with Gasteiger partial charge in [-0.1, -0.05) is 12.2 Å². The van der Waals surface area contributed by atoms with Crippen LogP contribution in [0.1, 0.15) is 0 Å². The maximum Gasteiger partial charge on any atom is 0.351 e. The molecule has 6 nitrogen and oxygen atoms in total. The lowest BCUT2D eigenvalue weighted by Crippen LogP contribution is -2.23. The number of benzene rings is 1. The Labute approximate surface area is 136 Å². The summed E-state index contributed by atoms with van der Waals surface area (Å²) in [7, 11) is 0. The Morgan fingerprint density at radius 1 is 1.08 bits per heavy atom. The summed E-state index contributed by atoms with van der Waals surface area (Å²) in [5.41, 5.74) is -0.378. The van der Waals surface area contributed by atoms with Crippen LogP contribution in [0, 0.1) is 0 Å². The molecule has 3 rings (SSSR count). The molecular weight excluding hydrogens is 310 g/mol. The van der Waals surface area contributed by atoms with E-state index in [1.807, 2.05) is 4.90 Å². The van der Waals surface area contributed by atoms with Gasteiger partial charge in [-0.2, -0.15) is 0 Å². The molecule has 1 N–H and O–H groups in total. The summed E-state index contributed by atoms with van der Waals surface area (Å²) >= 11 is 0. The van der Waals surface area contributed by atoms with Crippen molar-refractivity contribution in [3.8, 4) is 5.95 Å². The van der Waals surface area contributed by atoms with E-state index in [9.17, 15) is 14.7 Å². The fourth-order valence-electron chi connectivity index (χ4n) is 2.59. The molecule has 1 aromatic carbocycles. The van der Waals surface area contributed by atoms with Crippen molar-refractivity contribution in [3.63, 3.8) is 0 Å². The van der Waals surface area contributed by atoms with Crippen LogP contribution < -0.4 is 16.0 Å². The highest BCUT2D eigenvalue weighted by Gasteiger charge is 2.15. The molecule has 0 aliphatic rings. The second-order valence-corrected chi connectivity index (χ2v) is 5.21. The Kier molecular flexibility index (Phi) is 3.95. The minimum absolute atomic E-state index is 0.0109. The van der Waals surface area contributed by atoms with Gasteiger partial charge in [-0.3, -0.25) is 4.79 Å². The van der Waals surface area contributed by atoms with E-state index in [2.05, 4.69) is 13.2 Å². The molecule has 122 valence electrons.